The minimum Gasteiger partial charge on any atom is -0.270 e. The lowest BCUT2D eigenvalue weighted by molar-refractivity contribution is 0.885. The minimum absolute atomic E-state index is 0.858. The summed E-state index contributed by atoms with van der Waals surface area (Å²) in [6, 6.07) is 10.4. The molecule has 2 aromatic heterocycles. The van der Waals surface area contributed by atoms with Crippen molar-refractivity contribution in [1.82, 2.24) is 19.7 Å². The molecule has 3 aromatic rings. The fourth-order valence-corrected chi connectivity index (χ4v) is 4.18. The van der Waals surface area contributed by atoms with Crippen LogP contribution in [0.3, 0.4) is 0 Å². The van der Waals surface area contributed by atoms with Gasteiger partial charge in [-0.1, -0.05) is 24.8 Å². The predicted octanol–water partition coefficient (Wildman–Crippen LogP) is 4.79. The number of hydrogen-bond donors (Lipinski definition) is 0. The Hall–Kier alpha value is -1.79. The maximum atomic E-state index is 4.47. The summed E-state index contributed by atoms with van der Waals surface area (Å²) in [5.74, 6) is 4.15. The highest BCUT2D eigenvalue weighted by molar-refractivity contribution is 8.02. The zero-order valence-corrected chi connectivity index (χ0v) is 16.4. The standard InChI is InChI=1S/C19H22N4S2/c1-4-24-11-12-25-19-22-21-18(16-7-9-20-10-8-16)23(19)17-6-5-14(2)15(3)13-17/h5-10,13H,4,11-12H2,1-3H3. The van der Waals surface area contributed by atoms with Crippen LogP contribution in [0.25, 0.3) is 17.1 Å². The summed E-state index contributed by atoms with van der Waals surface area (Å²) in [4.78, 5) is 4.11. The molecule has 0 aliphatic rings. The van der Waals surface area contributed by atoms with Gasteiger partial charge < -0.3 is 0 Å². The van der Waals surface area contributed by atoms with Crippen LogP contribution in [0.2, 0.25) is 0 Å². The molecule has 0 unspecified atom stereocenters. The van der Waals surface area contributed by atoms with E-state index in [1.165, 1.54) is 11.1 Å². The first-order chi connectivity index (χ1) is 12.2. The monoisotopic (exact) mass is 370 g/mol. The molecule has 0 spiro atoms. The molecule has 0 aliphatic carbocycles. The van der Waals surface area contributed by atoms with E-state index in [2.05, 4.69) is 58.7 Å². The van der Waals surface area contributed by atoms with Gasteiger partial charge in [-0.3, -0.25) is 9.55 Å². The van der Waals surface area contributed by atoms with Crippen LogP contribution < -0.4 is 0 Å². The second kappa shape index (κ2) is 8.54. The van der Waals surface area contributed by atoms with Gasteiger partial charge in [-0.2, -0.15) is 11.8 Å². The maximum Gasteiger partial charge on any atom is 0.196 e. The molecule has 0 N–H and O–H groups in total. The molecular formula is C19H22N4S2. The largest absolute Gasteiger partial charge is 0.270 e. The predicted molar refractivity (Wildman–Crippen MR) is 108 cm³/mol. The van der Waals surface area contributed by atoms with Gasteiger partial charge in [-0.05, 0) is 55.0 Å². The lowest BCUT2D eigenvalue weighted by Gasteiger charge is -2.12. The molecular weight excluding hydrogens is 348 g/mol. The van der Waals surface area contributed by atoms with Crippen LogP contribution in [-0.4, -0.2) is 37.0 Å². The average Bonchev–Trinajstić information content (AvgIpc) is 3.06. The van der Waals surface area contributed by atoms with E-state index in [-0.39, 0.29) is 0 Å². The second-order valence-corrected chi connectivity index (χ2v) is 8.15. The Kier molecular flexibility index (Phi) is 6.15. The third kappa shape index (κ3) is 4.25. The first-order valence-corrected chi connectivity index (χ1v) is 10.5. The van der Waals surface area contributed by atoms with Crippen LogP contribution >= 0.6 is 23.5 Å². The molecule has 0 amide bonds. The maximum absolute atomic E-state index is 4.47. The van der Waals surface area contributed by atoms with Gasteiger partial charge >= 0.3 is 0 Å². The van der Waals surface area contributed by atoms with Gasteiger partial charge in [0.1, 0.15) is 0 Å². The van der Waals surface area contributed by atoms with Crippen molar-refractivity contribution in [1.29, 1.82) is 0 Å². The number of thioether (sulfide) groups is 2. The summed E-state index contributed by atoms with van der Waals surface area (Å²) in [5.41, 5.74) is 4.68. The Balaban J connectivity index is 2.01. The number of aromatic nitrogens is 4. The lowest BCUT2D eigenvalue weighted by atomic mass is 10.1. The molecule has 0 aliphatic heterocycles. The number of pyridine rings is 1. The number of nitrogens with zero attached hydrogens (tertiary/aromatic N) is 4. The molecule has 130 valence electrons. The Labute approximate surface area is 157 Å². The molecule has 0 atom stereocenters. The normalized spacial score (nSPS) is 11.0. The van der Waals surface area contributed by atoms with E-state index in [0.29, 0.717) is 0 Å². The Bertz CT molecular complexity index is 831. The van der Waals surface area contributed by atoms with Crippen molar-refractivity contribution in [3.63, 3.8) is 0 Å². The third-order valence-corrected chi connectivity index (χ3v) is 6.07. The summed E-state index contributed by atoms with van der Waals surface area (Å²) in [6.07, 6.45) is 3.58. The summed E-state index contributed by atoms with van der Waals surface area (Å²) in [5, 5.41) is 9.87. The van der Waals surface area contributed by atoms with E-state index in [0.717, 1.165) is 39.5 Å². The Morgan fingerprint density at radius 3 is 2.48 bits per heavy atom. The van der Waals surface area contributed by atoms with Gasteiger partial charge in [-0.25, -0.2) is 0 Å². The quantitative estimate of drug-likeness (QED) is 0.442. The lowest BCUT2D eigenvalue weighted by Crippen LogP contribution is -2.01. The fraction of sp³-hybridized carbons (Fsp3) is 0.316. The molecule has 4 nitrogen and oxygen atoms in total. The van der Waals surface area contributed by atoms with Gasteiger partial charge in [0.2, 0.25) is 0 Å². The van der Waals surface area contributed by atoms with E-state index >= 15 is 0 Å². The molecule has 3 rings (SSSR count). The number of aryl methyl sites for hydroxylation is 2. The molecule has 0 fully saturated rings. The highest BCUT2D eigenvalue weighted by atomic mass is 32.2. The van der Waals surface area contributed by atoms with Crippen LogP contribution in [0.1, 0.15) is 18.1 Å². The van der Waals surface area contributed by atoms with Crippen molar-refractivity contribution >= 4 is 23.5 Å². The van der Waals surface area contributed by atoms with Gasteiger partial charge in [0.15, 0.2) is 11.0 Å². The summed E-state index contributed by atoms with van der Waals surface area (Å²) >= 11 is 3.71. The molecule has 0 radical (unpaired) electrons. The first-order valence-electron chi connectivity index (χ1n) is 8.34. The SMILES string of the molecule is CCSCCSc1nnc(-c2ccncc2)n1-c1ccc(C)c(C)c1. The molecule has 0 saturated carbocycles. The summed E-state index contributed by atoms with van der Waals surface area (Å²) in [6.45, 7) is 6.46. The number of rotatable bonds is 7. The van der Waals surface area contributed by atoms with Crippen molar-refractivity contribution in [2.45, 2.75) is 25.9 Å². The zero-order chi connectivity index (χ0) is 17.6. The zero-order valence-electron chi connectivity index (χ0n) is 14.8. The van der Waals surface area contributed by atoms with E-state index in [1.807, 2.05) is 23.9 Å². The van der Waals surface area contributed by atoms with Crippen molar-refractivity contribution in [2.24, 2.45) is 0 Å². The van der Waals surface area contributed by atoms with E-state index in [9.17, 15) is 0 Å². The van der Waals surface area contributed by atoms with Gasteiger partial charge in [0.05, 0.1) is 5.69 Å². The van der Waals surface area contributed by atoms with Crippen molar-refractivity contribution in [2.75, 3.05) is 17.3 Å². The van der Waals surface area contributed by atoms with Crippen LogP contribution in [0.15, 0.2) is 47.9 Å². The van der Waals surface area contributed by atoms with Crippen LogP contribution in [0.5, 0.6) is 0 Å². The van der Waals surface area contributed by atoms with Crippen LogP contribution in [0, 0.1) is 13.8 Å². The number of benzene rings is 1. The highest BCUT2D eigenvalue weighted by Crippen LogP contribution is 2.29. The molecule has 0 bridgehead atoms. The number of hydrogen-bond acceptors (Lipinski definition) is 5. The van der Waals surface area contributed by atoms with Gasteiger partial charge in [0.25, 0.3) is 0 Å². The molecule has 1 aromatic carbocycles. The van der Waals surface area contributed by atoms with Crippen LogP contribution in [-0.2, 0) is 0 Å². The highest BCUT2D eigenvalue weighted by Gasteiger charge is 2.16. The third-order valence-electron chi connectivity index (χ3n) is 3.98. The Morgan fingerprint density at radius 1 is 0.960 bits per heavy atom. The van der Waals surface area contributed by atoms with Gasteiger partial charge in [0, 0.05) is 29.5 Å². The first kappa shape index (κ1) is 18.0. The van der Waals surface area contributed by atoms with Crippen molar-refractivity contribution in [3.05, 3.63) is 53.9 Å². The van der Waals surface area contributed by atoms with E-state index in [1.54, 1.807) is 24.2 Å². The molecule has 25 heavy (non-hydrogen) atoms. The average molecular weight is 371 g/mol. The molecule has 0 saturated heterocycles. The van der Waals surface area contributed by atoms with Gasteiger partial charge in [-0.15, -0.1) is 10.2 Å². The van der Waals surface area contributed by atoms with E-state index in [4.69, 9.17) is 0 Å². The van der Waals surface area contributed by atoms with Crippen molar-refractivity contribution < 1.29 is 0 Å². The minimum atomic E-state index is 0.858. The fourth-order valence-electron chi connectivity index (χ4n) is 2.49. The van der Waals surface area contributed by atoms with Crippen molar-refractivity contribution in [3.8, 4) is 17.1 Å². The van der Waals surface area contributed by atoms with Crippen LogP contribution in [0.4, 0.5) is 0 Å². The summed E-state index contributed by atoms with van der Waals surface area (Å²) < 4.78 is 2.16. The molecule has 6 heteroatoms. The smallest absolute Gasteiger partial charge is 0.196 e. The summed E-state index contributed by atoms with van der Waals surface area (Å²) in [7, 11) is 0. The van der Waals surface area contributed by atoms with E-state index < -0.39 is 0 Å². The molecule has 2 heterocycles. The Morgan fingerprint density at radius 2 is 1.76 bits per heavy atom. The second-order valence-electron chi connectivity index (χ2n) is 5.69. The topological polar surface area (TPSA) is 43.6 Å².